The van der Waals surface area contributed by atoms with Crippen LogP contribution in [0.4, 0.5) is 0 Å². The average Bonchev–Trinajstić information content (AvgIpc) is 3.85. The zero-order valence-electron chi connectivity index (χ0n) is 24.0. The summed E-state index contributed by atoms with van der Waals surface area (Å²) in [6.07, 6.45) is 7.25. The number of pyridine rings is 4. The lowest BCUT2D eigenvalue weighted by Crippen LogP contribution is -1.93. The quantitative estimate of drug-likeness (QED) is 0.199. The molecule has 0 saturated carbocycles. The van der Waals surface area contributed by atoms with Crippen molar-refractivity contribution in [1.82, 2.24) is 29.1 Å². The number of furan rings is 2. The van der Waals surface area contributed by atoms with Crippen molar-refractivity contribution in [3.8, 4) is 11.4 Å². The van der Waals surface area contributed by atoms with Gasteiger partial charge >= 0.3 is 0 Å². The van der Waals surface area contributed by atoms with Crippen molar-refractivity contribution in [3.63, 3.8) is 0 Å². The summed E-state index contributed by atoms with van der Waals surface area (Å²) >= 11 is 0. The Bertz CT molecular complexity index is 2950. The third kappa shape index (κ3) is 3.02. The summed E-state index contributed by atoms with van der Waals surface area (Å²) in [5, 5.41) is 4.00. The van der Waals surface area contributed by atoms with E-state index in [1.54, 1.807) is 0 Å². The fourth-order valence-electron chi connectivity index (χ4n) is 7.20. The van der Waals surface area contributed by atoms with Gasteiger partial charge in [0.25, 0.3) is 0 Å². The molecule has 0 amide bonds. The molecule has 0 aliphatic rings. The number of benzene rings is 3. The van der Waals surface area contributed by atoms with Gasteiger partial charge in [-0.2, -0.15) is 0 Å². The van der Waals surface area contributed by atoms with Gasteiger partial charge in [0.05, 0.1) is 27.5 Å². The number of fused-ring (bicyclic) bond motifs is 13. The van der Waals surface area contributed by atoms with E-state index in [9.17, 15) is 0 Å². The summed E-state index contributed by atoms with van der Waals surface area (Å²) in [5.74, 6) is 0. The van der Waals surface area contributed by atoms with Gasteiger partial charge in [-0.3, -0.25) is 19.9 Å². The van der Waals surface area contributed by atoms with Crippen LogP contribution in [0.5, 0.6) is 0 Å². The Hall–Kier alpha value is -6.54. The highest BCUT2D eigenvalue weighted by molar-refractivity contribution is 6.22. The van der Waals surface area contributed by atoms with Crippen LogP contribution in [-0.4, -0.2) is 29.1 Å². The van der Waals surface area contributed by atoms with Crippen LogP contribution in [0.3, 0.4) is 0 Å². The maximum absolute atomic E-state index is 6.63. The van der Waals surface area contributed by atoms with E-state index in [4.69, 9.17) is 8.83 Å². The normalized spacial score (nSPS) is 12.3. The summed E-state index contributed by atoms with van der Waals surface area (Å²) in [5.41, 5.74) is 12.7. The SMILES string of the molecule is c1cnc2c3ncccc3n(-c3ccc4oc5c(ccc6oc7ccc(-n8c9cccnc9c9ncccc98)cc7c65)c4c3)c2c1. The smallest absolute Gasteiger partial charge is 0.147 e. The largest absolute Gasteiger partial charge is 0.456 e. The molecular formula is C38H20N6O2. The maximum atomic E-state index is 6.63. The van der Waals surface area contributed by atoms with E-state index in [0.717, 1.165) is 99.4 Å². The lowest BCUT2D eigenvalue weighted by Gasteiger charge is -2.07. The van der Waals surface area contributed by atoms with E-state index < -0.39 is 0 Å². The molecule has 0 atom stereocenters. The van der Waals surface area contributed by atoms with Crippen LogP contribution in [0.1, 0.15) is 0 Å². The van der Waals surface area contributed by atoms with E-state index in [-0.39, 0.29) is 0 Å². The van der Waals surface area contributed by atoms with Crippen molar-refractivity contribution in [2.24, 2.45) is 0 Å². The molecule has 0 aliphatic carbocycles. The van der Waals surface area contributed by atoms with Gasteiger partial charge in [-0.05, 0) is 97.1 Å². The average molecular weight is 593 g/mol. The highest BCUT2D eigenvalue weighted by atomic mass is 16.3. The first-order chi connectivity index (χ1) is 22.8. The van der Waals surface area contributed by atoms with Crippen molar-refractivity contribution in [2.45, 2.75) is 0 Å². The monoisotopic (exact) mass is 592 g/mol. The van der Waals surface area contributed by atoms with E-state index in [2.05, 4.69) is 83.7 Å². The minimum absolute atomic E-state index is 0.782. The predicted octanol–water partition coefficient (Wildman–Crippen LogP) is 9.26. The summed E-state index contributed by atoms with van der Waals surface area (Å²) in [6.45, 7) is 0. The molecule has 11 aromatic rings. The van der Waals surface area contributed by atoms with Gasteiger partial charge in [0, 0.05) is 52.3 Å². The molecule has 0 bridgehead atoms. The molecule has 8 aromatic heterocycles. The Kier molecular flexibility index (Phi) is 4.43. The van der Waals surface area contributed by atoms with Gasteiger partial charge in [0.15, 0.2) is 0 Å². The summed E-state index contributed by atoms with van der Waals surface area (Å²) < 4.78 is 17.4. The van der Waals surface area contributed by atoms with E-state index >= 15 is 0 Å². The Morgan fingerprint density at radius 2 is 0.870 bits per heavy atom. The number of hydrogen-bond donors (Lipinski definition) is 0. The van der Waals surface area contributed by atoms with Gasteiger partial charge in [-0.15, -0.1) is 0 Å². The standard InChI is InChI=1S/C38H20N6O2/c1-5-26-34(39-15-1)35-27(6-2-16-40-35)43(26)21-9-12-30-24(19-21)23-11-14-32-33(38(23)46-30)25-20-22(10-13-31(25)45-32)44-28-7-3-17-41-36(28)37-29(44)8-4-18-42-37/h1-20H. The van der Waals surface area contributed by atoms with Gasteiger partial charge in [0.1, 0.15) is 44.4 Å². The first kappa shape index (κ1) is 23.9. The molecule has 0 unspecified atom stereocenters. The van der Waals surface area contributed by atoms with Gasteiger partial charge in [0.2, 0.25) is 0 Å². The van der Waals surface area contributed by atoms with Gasteiger partial charge in [-0.25, -0.2) is 0 Å². The molecule has 0 N–H and O–H groups in total. The summed E-state index contributed by atoms with van der Waals surface area (Å²) in [7, 11) is 0. The molecule has 0 spiro atoms. The zero-order chi connectivity index (χ0) is 29.9. The minimum Gasteiger partial charge on any atom is -0.456 e. The van der Waals surface area contributed by atoms with Crippen LogP contribution in [0.2, 0.25) is 0 Å². The molecule has 0 saturated heterocycles. The van der Waals surface area contributed by atoms with Crippen LogP contribution in [-0.2, 0) is 0 Å². The number of aromatic nitrogens is 6. The number of rotatable bonds is 2. The third-order valence-electron chi connectivity index (χ3n) is 9.11. The van der Waals surface area contributed by atoms with Crippen molar-refractivity contribution in [2.75, 3.05) is 0 Å². The van der Waals surface area contributed by atoms with E-state index in [0.29, 0.717) is 0 Å². The zero-order valence-corrected chi connectivity index (χ0v) is 24.0. The first-order valence-electron chi connectivity index (χ1n) is 15.0. The Balaban J connectivity index is 1.17. The van der Waals surface area contributed by atoms with E-state index in [1.807, 2.05) is 67.3 Å². The summed E-state index contributed by atoms with van der Waals surface area (Å²) in [6, 6.07) is 33.0. The maximum Gasteiger partial charge on any atom is 0.147 e. The molecule has 46 heavy (non-hydrogen) atoms. The van der Waals surface area contributed by atoms with Crippen molar-refractivity contribution in [3.05, 3.63) is 122 Å². The molecule has 0 radical (unpaired) electrons. The number of hydrogen-bond acceptors (Lipinski definition) is 6. The second kappa shape index (κ2) is 8.55. The minimum atomic E-state index is 0.782. The van der Waals surface area contributed by atoms with Crippen LogP contribution >= 0.6 is 0 Å². The molecule has 3 aromatic carbocycles. The molecule has 8 nitrogen and oxygen atoms in total. The fourth-order valence-corrected chi connectivity index (χ4v) is 7.20. The fraction of sp³-hybridized carbons (Fsp3) is 0. The molecule has 0 aliphatic heterocycles. The van der Waals surface area contributed by atoms with Crippen molar-refractivity contribution >= 4 is 88.0 Å². The Labute approximate surface area is 258 Å². The lowest BCUT2D eigenvalue weighted by atomic mass is 10.1. The number of nitrogens with zero attached hydrogens (tertiary/aromatic N) is 6. The second-order valence-electron chi connectivity index (χ2n) is 11.5. The highest BCUT2D eigenvalue weighted by Gasteiger charge is 2.20. The topological polar surface area (TPSA) is 87.7 Å². The van der Waals surface area contributed by atoms with Crippen LogP contribution in [0.15, 0.2) is 131 Å². The van der Waals surface area contributed by atoms with Crippen LogP contribution in [0.25, 0.3) is 99.4 Å². The molecule has 214 valence electrons. The first-order valence-corrected chi connectivity index (χ1v) is 15.0. The predicted molar refractivity (Wildman–Crippen MR) is 181 cm³/mol. The molecule has 11 rings (SSSR count). The van der Waals surface area contributed by atoms with Crippen molar-refractivity contribution in [1.29, 1.82) is 0 Å². The molecule has 0 fully saturated rings. The van der Waals surface area contributed by atoms with Crippen LogP contribution in [0, 0.1) is 0 Å². The molecule has 8 heterocycles. The lowest BCUT2D eigenvalue weighted by molar-refractivity contribution is 0.662. The molecule has 8 heteroatoms. The summed E-state index contributed by atoms with van der Waals surface area (Å²) in [4.78, 5) is 18.6. The second-order valence-corrected chi connectivity index (χ2v) is 11.5. The van der Waals surface area contributed by atoms with Gasteiger partial charge in [-0.1, -0.05) is 0 Å². The Morgan fingerprint density at radius 1 is 0.413 bits per heavy atom. The van der Waals surface area contributed by atoms with Crippen LogP contribution < -0.4 is 0 Å². The van der Waals surface area contributed by atoms with Gasteiger partial charge < -0.3 is 18.0 Å². The van der Waals surface area contributed by atoms with Crippen molar-refractivity contribution < 1.29 is 8.83 Å². The third-order valence-corrected chi connectivity index (χ3v) is 9.11. The Morgan fingerprint density at radius 3 is 1.39 bits per heavy atom. The highest BCUT2D eigenvalue weighted by Crippen LogP contribution is 2.41. The van der Waals surface area contributed by atoms with E-state index in [1.165, 1.54) is 0 Å². The molecular weight excluding hydrogens is 572 g/mol.